The minimum Gasteiger partial charge on any atom is -0.384 e. The van der Waals surface area contributed by atoms with Crippen molar-refractivity contribution in [3.05, 3.63) is 40.1 Å². The van der Waals surface area contributed by atoms with E-state index in [1.54, 1.807) is 29.2 Å². The molecule has 0 atom stereocenters. The summed E-state index contributed by atoms with van der Waals surface area (Å²) in [7, 11) is 0. The van der Waals surface area contributed by atoms with Crippen LogP contribution in [0.3, 0.4) is 0 Å². The Bertz CT molecular complexity index is 582. The van der Waals surface area contributed by atoms with Crippen LogP contribution in [0.4, 0.5) is 5.69 Å². The lowest BCUT2D eigenvalue weighted by Crippen LogP contribution is -2.24. The van der Waals surface area contributed by atoms with E-state index in [1.807, 2.05) is 13.0 Å². The summed E-state index contributed by atoms with van der Waals surface area (Å²) in [6.07, 6.45) is 4.28. The summed E-state index contributed by atoms with van der Waals surface area (Å²) in [5, 5.41) is 6.15. The third-order valence-corrected chi connectivity index (χ3v) is 3.82. The van der Waals surface area contributed by atoms with Gasteiger partial charge < -0.3 is 10.6 Å². The largest absolute Gasteiger partial charge is 0.384 e. The number of amides is 1. The highest BCUT2D eigenvalue weighted by Crippen LogP contribution is 2.15. The number of nitrogens with one attached hydrogen (secondary N) is 2. The summed E-state index contributed by atoms with van der Waals surface area (Å²) in [6, 6.07) is 1.82. The molecule has 0 radical (unpaired) electrons. The van der Waals surface area contributed by atoms with Gasteiger partial charge in [0.15, 0.2) is 0 Å². The van der Waals surface area contributed by atoms with Crippen molar-refractivity contribution in [2.24, 2.45) is 0 Å². The molecule has 0 bridgehead atoms. The summed E-state index contributed by atoms with van der Waals surface area (Å²) in [5.74, 6) is -0.121. The van der Waals surface area contributed by atoms with Crippen LogP contribution in [0.25, 0.3) is 0 Å². The molecule has 0 aliphatic heterocycles. The molecule has 0 spiro atoms. The summed E-state index contributed by atoms with van der Waals surface area (Å²) >= 11 is 1.55. The number of aromatic nitrogens is 2. The SMILES string of the molecule is CCCNc1ccncc1C(=O)NCc1scnc1C. The second kappa shape index (κ2) is 7.00. The minimum atomic E-state index is -0.121. The van der Waals surface area contributed by atoms with Gasteiger partial charge in [-0.3, -0.25) is 9.78 Å². The fourth-order valence-corrected chi connectivity index (χ4v) is 2.46. The Morgan fingerprint density at radius 3 is 3.00 bits per heavy atom. The normalized spacial score (nSPS) is 10.3. The van der Waals surface area contributed by atoms with E-state index in [0.717, 1.165) is 29.2 Å². The molecule has 2 aromatic rings. The number of rotatable bonds is 6. The van der Waals surface area contributed by atoms with Gasteiger partial charge in [-0.15, -0.1) is 11.3 Å². The first-order valence-corrected chi connectivity index (χ1v) is 7.45. The van der Waals surface area contributed by atoms with Gasteiger partial charge in [0.2, 0.25) is 0 Å². The third kappa shape index (κ3) is 3.54. The summed E-state index contributed by atoms with van der Waals surface area (Å²) < 4.78 is 0. The topological polar surface area (TPSA) is 66.9 Å². The maximum Gasteiger partial charge on any atom is 0.255 e. The maximum atomic E-state index is 12.2. The van der Waals surface area contributed by atoms with Crippen LogP contribution >= 0.6 is 11.3 Å². The second-order valence-electron chi connectivity index (χ2n) is 4.39. The lowest BCUT2D eigenvalue weighted by atomic mass is 10.2. The molecule has 106 valence electrons. The van der Waals surface area contributed by atoms with E-state index in [9.17, 15) is 4.79 Å². The average Bonchev–Trinajstić information content (AvgIpc) is 2.88. The summed E-state index contributed by atoms with van der Waals surface area (Å²) in [4.78, 5) is 21.5. The predicted octanol–water partition coefficient (Wildman–Crippen LogP) is 2.60. The molecule has 0 aliphatic rings. The quantitative estimate of drug-likeness (QED) is 0.858. The van der Waals surface area contributed by atoms with Gasteiger partial charge in [-0.25, -0.2) is 4.98 Å². The smallest absolute Gasteiger partial charge is 0.255 e. The van der Waals surface area contributed by atoms with Crippen molar-refractivity contribution in [3.8, 4) is 0 Å². The number of hydrogen-bond acceptors (Lipinski definition) is 5. The number of carbonyl (C=O) groups is 1. The van der Waals surface area contributed by atoms with Gasteiger partial charge in [0, 0.05) is 23.8 Å². The predicted molar refractivity (Wildman–Crippen MR) is 81.0 cm³/mol. The fourth-order valence-electron chi connectivity index (χ4n) is 1.74. The number of pyridine rings is 1. The van der Waals surface area contributed by atoms with E-state index >= 15 is 0 Å². The van der Waals surface area contributed by atoms with Crippen LogP contribution in [0.5, 0.6) is 0 Å². The molecule has 5 nitrogen and oxygen atoms in total. The van der Waals surface area contributed by atoms with Crippen molar-refractivity contribution in [1.29, 1.82) is 0 Å². The maximum absolute atomic E-state index is 12.2. The number of nitrogens with zero attached hydrogens (tertiary/aromatic N) is 2. The lowest BCUT2D eigenvalue weighted by molar-refractivity contribution is 0.0951. The van der Waals surface area contributed by atoms with E-state index in [0.29, 0.717) is 12.1 Å². The zero-order valence-electron chi connectivity index (χ0n) is 11.6. The Morgan fingerprint density at radius 1 is 1.45 bits per heavy atom. The van der Waals surface area contributed by atoms with Crippen LogP contribution in [0.1, 0.15) is 34.3 Å². The number of hydrogen-bond donors (Lipinski definition) is 2. The highest BCUT2D eigenvalue weighted by Gasteiger charge is 2.12. The van der Waals surface area contributed by atoms with E-state index < -0.39 is 0 Å². The molecule has 0 fully saturated rings. The zero-order chi connectivity index (χ0) is 14.4. The van der Waals surface area contributed by atoms with Crippen LogP contribution < -0.4 is 10.6 Å². The van der Waals surface area contributed by atoms with Gasteiger partial charge in [-0.05, 0) is 19.4 Å². The standard InChI is InChI=1S/C14H18N4OS/c1-3-5-16-12-4-6-15-7-11(12)14(19)17-8-13-10(2)18-9-20-13/h4,6-7,9H,3,5,8H2,1-2H3,(H,15,16)(H,17,19). The van der Waals surface area contributed by atoms with Gasteiger partial charge >= 0.3 is 0 Å². The third-order valence-electron chi connectivity index (χ3n) is 2.89. The molecular weight excluding hydrogens is 272 g/mol. The molecule has 20 heavy (non-hydrogen) atoms. The number of anilines is 1. The molecule has 2 aromatic heterocycles. The van der Waals surface area contributed by atoms with Crippen LogP contribution in [0.2, 0.25) is 0 Å². The minimum absolute atomic E-state index is 0.121. The Kier molecular flexibility index (Phi) is 5.06. The van der Waals surface area contributed by atoms with Crippen molar-refractivity contribution in [2.45, 2.75) is 26.8 Å². The number of aryl methyl sites for hydroxylation is 1. The van der Waals surface area contributed by atoms with Gasteiger partial charge in [0.1, 0.15) is 0 Å². The van der Waals surface area contributed by atoms with E-state index in [2.05, 4.69) is 27.5 Å². The molecule has 2 rings (SSSR count). The van der Waals surface area contributed by atoms with Crippen molar-refractivity contribution in [1.82, 2.24) is 15.3 Å². The number of thiazole rings is 1. The second-order valence-corrected chi connectivity index (χ2v) is 5.33. The van der Waals surface area contributed by atoms with Crippen LogP contribution in [0.15, 0.2) is 24.0 Å². The van der Waals surface area contributed by atoms with Gasteiger partial charge in [0.25, 0.3) is 5.91 Å². The average molecular weight is 290 g/mol. The van der Waals surface area contributed by atoms with Crippen LogP contribution in [-0.4, -0.2) is 22.4 Å². The Morgan fingerprint density at radius 2 is 2.30 bits per heavy atom. The lowest BCUT2D eigenvalue weighted by Gasteiger charge is -2.10. The first-order valence-electron chi connectivity index (χ1n) is 6.57. The van der Waals surface area contributed by atoms with Crippen LogP contribution in [0, 0.1) is 6.92 Å². The first kappa shape index (κ1) is 14.5. The first-order chi connectivity index (χ1) is 9.72. The van der Waals surface area contributed by atoms with Crippen molar-refractivity contribution in [2.75, 3.05) is 11.9 Å². The van der Waals surface area contributed by atoms with Gasteiger partial charge in [-0.1, -0.05) is 6.92 Å². The molecule has 0 saturated carbocycles. The Labute approximate surface area is 122 Å². The van der Waals surface area contributed by atoms with Crippen molar-refractivity contribution >= 4 is 22.9 Å². The molecule has 0 aliphatic carbocycles. The molecule has 0 aromatic carbocycles. The monoisotopic (exact) mass is 290 g/mol. The molecule has 0 unspecified atom stereocenters. The van der Waals surface area contributed by atoms with E-state index in [-0.39, 0.29) is 5.91 Å². The van der Waals surface area contributed by atoms with Crippen molar-refractivity contribution < 1.29 is 4.79 Å². The molecule has 1 amide bonds. The molecule has 2 heterocycles. The highest BCUT2D eigenvalue weighted by molar-refractivity contribution is 7.09. The summed E-state index contributed by atoms with van der Waals surface area (Å²) in [5.41, 5.74) is 4.14. The Balaban J connectivity index is 2.03. The van der Waals surface area contributed by atoms with E-state index in [4.69, 9.17) is 0 Å². The van der Waals surface area contributed by atoms with Crippen molar-refractivity contribution in [3.63, 3.8) is 0 Å². The van der Waals surface area contributed by atoms with Gasteiger partial charge in [0.05, 0.1) is 29.0 Å². The summed E-state index contributed by atoms with van der Waals surface area (Å²) in [6.45, 7) is 5.35. The molecule has 6 heteroatoms. The highest BCUT2D eigenvalue weighted by atomic mass is 32.1. The molecule has 0 saturated heterocycles. The van der Waals surface area contributed by atoms with Gasteiger partial charge in [-0.2, -0.15) is 0 Å². The Hall–Kier alpha value is -1.95. The van der Waals surface area contributed by atoms with Crippen LogP contribution in [-0.2, 0) is 6.54 Å². The molecular formula is C14H18N4OS. The zero-order valence-corrected chi connectivity index (χ0v) is 12.5. The fraction of sp³-hybridized carbons (Fsp3) is 0.357. The number of carbonyl (C=O) groups excluding carboxylic acids is 1. The molecule has 2 N–H and O–H groups in total. The van der Waals surface area contributed by atoms with E-state index in [1.165, 1.54) is 0 Å².